The van der Waals surface area contributed by atoms with Gasteiger partial charge in [-0.1, -0.05) is 15.9 Å². The van der Waals surface area contributed by atoms with Gasteiger partial charge in [-0.2, -0.15) is 0 Å². The molecule has 5 amide bonds. The summed E-state index contributed by atoms with van der Waals surface area (Å²) < 4.78 is 6.45. The van der Waals surface area contributed by atoms with Gasteiger partial charge in [0.1, 0.15) is 17.1 Å². The standard InChI is InChI=1S/C19H13Br2N3O6/c20-10-5-9(16(14(21)7-10)30-8-15(22)26)6-13-17(27)23-19(29)24(18(13)28)11-1-3-12(25)4-2-11/h1-7,25H,8H2,(H2,22,26)(H,23,27,29)/b13-6-. The molecule has 1 aliphatic rings. The molecule has 0 atom stereocenters. The monoisotopic (exact) mass is 537 g/mol. The fraction of sp³-hybridized carbons (Fsp3) is 0.0526. The van der Waals surface area contributed by atoms with Crippen LogP contribution in [0, 0.1) is 0 Å². The van der Waals surface area contributed by atoms with Crippen molar-refractivity contribution >= 4 is 67.4 Å². The quantitative estimate of drug-likeness (QED) is 0.394. The minimum atomic E-state index is -0.923. The average Bonchev–Trinajstić information content (AvgIpc) is 2.65. The summed E-state index contributed by atoms with van der Waals surface area (Å²) in [4.78, 5) is 49.4. The highest BCUT2D eigenvalue weighted by Gasteiger charge is 2.37. The lowest BCUT2D eigenvalue weighted by molar-refractivity contribution is -0.123. The zero-order valence-corrected chi connectivity index (χ0v) is 18.2. The fourth-order valence-corrected chi connectivity index (χ4v) is 4.00. The first-order valence-corrected chi connectivity index (χ1v) is 9.86. The summed E-state index contributed by atoms with van der Waals surface area (Å²) in [6.45, 7) is -0.422. The second-order valence-electron chi connectivity index (χ2n) is 6.04. The van der Waals surface area contributed by atoms with E-state index in [0.29, 0.717) is 8.95 Å². The van der Waals surface area contributed by atoms with Crippen molar-refractivity contribution in [1.29, 1.82) is 0 Å². The van der Waals surface area contributed by atoms with E-state index in [-0.39, 0.29) is 28.3 Å². The molecule has 4 N–H and O–H groups in total. The van der Waals surface area contributed by atoms with Crippen molar-refractivity contribution in [3.63, 3.8) is 0 Å². The molecule has 11 heteroatoms. The van der Waals surface area contributed by atoms with Crippen LogP contribution in [0.15, 0.2) is 50.9 Å². The molecule has 0 aliphatic carbocycles. The van der Waals surface area contributed by atoms with Gasteiger partial charge in [-0.3, -0.25) is 19.7 Å². The third-order valence-corrected chi connectivity index (χ3v) is 4.95. The SMILES string of the molecule is NC(=O)COc1c(Br)cc(Br)cc1/C=C1/C(=O)NC(=O)N(c2ccc(O)cc2)C1=O. The second kappa shape index (κ2) is 8.67. The zero-order valence-electron chi connectivity index (χ0n) is 15.0. The number of hydrogen-bond acceptors (Lipinski definition) is 6. The number of nitrogens with zero attached hydrogens (tertiary/aromatic N) is 1. The van der Waals surface area contributed by atoms with Gasteiger partial charge in [0.2, 0.25) is 0 Å². The number of nitrogens with two attached hydrogens (primary N) is 1. The number of amides is 5. The molecule has 1 heterocycles. The number of halogens is 2. The van der Waals surface area contributed by atoms with Crippen molar-refractivity contribution in [2.24, 2.45) is 5.73 Å². The number of carbonyl (C=O) groups excluding carboxylic acids is 4. The number of phenols is 1. The van der Waals surface area contributed by atoms with Crippen molar-refractivity contribution in [3.8, 4) is 11.5 Å². The van der Waals surface area contributed by atoms with Gasteiger partial charge in [0.25, 0.3) is 17.7 Å². The van der Waals surface area contributed by atoms with Gasteiger partial charge >= 0.3 is 6.03 Å². The number of anilines is 1. The molecule has 0 bridgehead atoms. The first-order valence-electron chi connectivity index (χ1n) is 8.28. The van der Waals surface area contributed by atoms with Crippen molar-refractivity contribution in [3.05, 3.63) is 56.5 Å². The topological polar surface area (TPSA) is 139 Å². The molecule has 1 saturated heterocycles. The summed E-state index contributed by atoms with van der Waals surface area (Å²) in [5, 5.41) is 11.5. The van der Waals surface area contributed by atoms with Crippen molar-refractivity contribution in [1.82, 2.24) is 5.32 Å². The van der Waals surface area contributed by atoms with E-state index >= 15 is 0 Å². The minimum absolute atomic E-state index is 0.0503. The Kier molecular flexibility index (Phi) is 6.22. The number of rotatable bonds is 5. The highest BCUT2D eigenvalue weighted by Crippen LogP contribution is 2.35. The van der Waals surface area contributed by atoms with Crippen molar-refractivity contribution < 1.29 is 29.0 Å². The van der Waals surface area contributed by atoms with E-state index in [1.807, 2.05) is 0 Å². The largest absolute Gasteiger partial charge is 0.508 e. The fourth-order valence-electron chi connectivity index (χ4n) is 2.63. The van der Waals surface area contributed by atoms with E-state index in [1.54, 1.807) is 12.1 Å². The molecular weight excluding hydrogens is 526 g/mol. The molecule has 154 valence electrons. The van der Waals surface area contributed by atoms with Gasteiger partial charge in [-0.25, -0.2) is 9.69 Å². The van der Waals surface area contributed by atoms with Crippen LogP contribution >= 0.6 is 31.9 Å². The normalized spacial score (nSPS) is 15.3. The number of phenolic OH excluding ortho intramolecular Hbond substituents is 1. The molecule has 2 aromatic carbocycles. The van der Waals surface area contributed by atoms with Crippen LogP contribution < -0.4 is 20.7 Å². The Labute approximate surface area is 186 Å². The number of urea groups is 1. The van der Waals surface area contributed by atoms with Crippen LogP contribution in [0.4, 0.5) is 10.5 Å². The lowest BCUT2D eigenvalue weighted by Gasteiger charge is -2.26. The molecular formula is C19H13Br2N3O6. The summed E-state index contributed by atoms with van der Waals surface area (Å²) in [6.07, 6.45) is 1.24. The van der Waals surface area contributed by atoms with Crippen LogP contribution in [0.25, 0.3) is 6.08 Å². The molecule has 0 radical (unpaired) electrons. The molecule has 30 heavy (non-hydrogen) atoms. The number of benzene rings is 2. The Hall–Kier alpha value is -3.18. The molecule has 0 saturated carbocycles. The summed E-state index contributed by atoms with van der Waals surface area (Å²) in [6, 6.07) is 7.61. The maximum atomic E-state index is 13.0. The Morgan fingerprint density at radius 1 is 1.17 bits per heavy atom. The van der Waals surface area contributed by atoms with Crippen molar-refractivity contribution in [2.45, 2.75) is 0 Å². The Morgan fingerprint density at radius 3 is 2.47 bits per heavy atom. The van der Waals surface area contributed by atoms with Gasteiger partial charge in [0.15, 0.2) is 6.61 Å². The van der Waals surface area contributed by atoms with E-state index < -0.39 is 30.4 Å². The van der Waals surface area contributed by atoms with E-state index in [1.165, 1.54) is 30.3 Å². The lowest BCUT2D eigenvalue weighted by atomic mass is 10.1. The lowest BCUT2D eigenvalue weighted by Crippen LogP contribution is -2.54. The number of nitrogens with one attached hydrogen (secondary N) is 1. The number of hydrogen-bond donors (Lipinski definition) is 3. The maximum Gasteiger partial charge on any atom is 0.335 e. The van der Waals surface area contributed by atoms with Gasteiger partial charge in [0.05, 0.1) is 10.2 Å². The van der Waals surface area contributed by atoms with Crippen LogP contribution in [0.5, 0.6) is 11.5 Å². The van der Waals surface area contributed by atoms with Crippen LogP contribution in [0.3, 0.4) is 0 Å². The molecule has 1 fully saturated rings. The molecule has 0 unspecified atom stereocenters. The maximum absolute atomic E-state index is 13.0. The van der Waals surface area contributed by atoms with E-state index in [9.17, 15) is 24.3 Å². The number of primary amides is 1. The molecule has 1 aliphatic heterocycles. The first-order chi connectivity index (χ1) is 14.2. The van der Waals surface area contributed by atoms with Crippen LogP contribution in [0.2, 0.25) is 0 Å². The highest BCUT2D eigenvalue weighted by atomic mass is 79.9. The minimum Gasteiger partial charge on any atom is -0.508 e. The van der Waals surface area contributed by atoms with Crippen LogP contribution in [0.1, 0.15) is 5.56 Å². The predicted molar refractivity (Wildman–Crippen MR) is 114 cm³/mol. The number of ether oxygens (including phenoxy) is 1. The first kappa shape index (κ1) is 21.5. The van der Waals surface area contributed by atoms with Gasteiger partial charge in [-0.05, 0) is 58.4 Å². The predicted octanol–water partition coefficient (Wildman–Crippen LogP) is 2.45. The number of imide groups is 2. The molecule has 3 rings (SSSR count). The summed E-state index contributed by atoms with van der Waals surface area (Å²) in [5.41, 5.74) is 5.24. The van der Waals surface area contributed by atoms with Crippen molar-refractivity contribution in [2.75, 3.05) is 11.5 Å². The third kappa shape index (κ3) is 4.52. The van der Waals surface area contributed by atoms with Gasteiger partial charge in [0, 0.05) is 10.0 Å². The van der Waals surface area contributed by atoms with E-state index in [0.717, 1.165) is 4.90 Å². The smallest absolute Gasteiger partial charge is 0.335 e. The number of carbonyl (C=O) groups is 4. The molecule has 9 nitrogen and oxygen atoms in total. The summed E-state index contributed by atoms with van der Waals surface area (Å²) in [5.74, 6) is -2.34. The van der Waals surface area contributed by atoms with Crippen LogP contribution in [-0.2, 0) is 14.4 Å². The average molecular weight is 539 g/mol. The third-order valence-electron chi connectivity index (χ3n) is 3.91. The molecule has 2 aromatic rings. The second-order valence-corrected chi connectivity index (χ2v) is 7.81. The summed E-state index contributed by atoms with van der Waals surface area (Å²) >= 11 is 6.61. The Bertz CT molecular complexity index is 1100. The Balaban J connectivity index is 2.06. The van der Waals surface area contributed by atoms with E-state index in [4.69, 9.17) is 10.5 Å². The Morgan fingerprint density at radius 2 is 1.83 bits per heavy atom. The number of barbiturate groups is 1. The molecule has 0 spiro atoms. The summed E-state index contributed by atoms with van der Waals surface area (Å²) in [7, 11) is 0. The highest BCUT2D eigenvalue weighted by molar-refractivity contribution is 9.11. The van der Waals surface area contributed by atoms with E-state index in [2.05, 4.69) is 37.2 Å². The van der Waals surface area contributed by atoms with Gasteiger partial charge in [-0.15, -0.1) is 0 Å². The zero-order chi connectivity index (χ0) is 22.0. The van der Waals surface area contributed by atoms with Crippen LogP contribution in [-0.4, -0.2) is 35.5 Å². The number of aromatic hydroxyl groups is 1. The molecule has 0 aromatic heterocycles. The van der Waals surface area contributed by atoms with Gasteiger partial charge < -0.3 is 15.6 Å².